The number of hydrogen-bond acceptors (Lipinski definition) is 6. The molecule has 5 rings (SSSR count). The minimum Gasteiger partial charge on any atom is -0.486 e. The van der Waals surface area contributed by atoms with Crippen molar-refractivity contribution in [3.05, 3.63) is 64.8 Å². The third kappa shape index (κ3) is 4.21. The molecule has 168 valence electrons. The van der Waals surface area contributed by atoms with E-state index in [1.807, 2.05) is 42.5 Å². The minimum absolute atomic E-state index is 0.158. The van der Waals surface area contributed by atoms with Crippen molar-refractivity contribution in [2.24, 2.45) is 5.10 Å². The van der Waals surface area contributed by atoms with Crippen molar-refractivity contribution < 1.29 is 24.2 Å². The highest BCUT2D eigenvalue weighted by Gasteiger charge is 2.35. The number of hydrogen-bond donors (Lipinski definition) is 1. The average molecular weight is 466 g/mol. The number of carbonyl (C=O) groups excluding carboxylic acids is 1. The van der Waals surface area contributed by atoms with Crippen LogP contribution in [0.1, 0.15) is 36.4 Å². The fraction of sp³-hybridized carbons (Fsp3) is 0.250. The Balaban J connectivity index is 1.54. The number of aromatic nitrogens is 1. The van der Waals surface area contributed by atoms with E-state index < -0.39 is 12.0 Å². The number of benzene rings is 2. The molecule has 0 bridgehead atoms. The fourth-order valence-corrected chi connectivity index (χ4v) is 4.32. The van der Waals surface area contributed by atoms with Crippen LogP contribution >= 0.6 is 11.6 Å². The van der Waals surface area contributed by atoms with E-state index in [1.54, 1.807) is 6.07 Å². The molecule has 2 aromatic carbocycles. The zero-order valence-corrected chi connectivity index (χ0v) is 18.3. The molecule has 9 heteroatoms. The summed E-state index contributed by atoms with van der Waals surface area (Å²) >= 11 is 6.59. The minimum atomic E-state index is -1.04. The van der Waals surface area contributed by atoms with Crippen molar-refractivity contribution in [1.82, 2.24) is 9.99 Å². The van der Waals surface area contributed by atoms with Crippen LogP contribution in [0, 0.1) is 0 Å². The molecule has 0 radical (unpaired) electrons. The number of nitrogens with zero attached hydrogens (tertiary/aromatic N) is 3. The molecule has 1 amide bonds. The summed E-state index contributed by atoms with van der Waals surface area (Å²) in [5.41, 5.74) is 2.90. The van der Waals surface area contributed by atoms with E-state index in [9.17, 15) is 9.59 Å². The molecule has 2 aliphatic rings. The van der Waals surface area contributed by atoms with E-state index in [0.717, 1.165) is 16.7 Å². The van der Waals surface area contributed by atoms with Crippen LogP contribution < -0.4 is 9.47 Å². The Hall–Kier alpha value is -3.65. The number of hydrazone groups is 1. The second-order valence-corrected chi connectivity index (χ2v) is 8.18. The van der Waals surface area contributed by atoms with Gasteiger partial charge in [0.1, 0.15) is 18.4 Å². The van der Waals surface area contributed by atoms with Gasteiger partial charge in [0.25, 0.3) is 0 Å². The summed E-state index contributed by atoms with van der Waals surface area (Å²) < 4.78 is 11.3. The second-order valence-electron chi connectivity index (χ2n) is 7.82. The number of carbonyl (C=O) groups is 2. The first kappa shape index (κ1) is 21.2. The van der Waals surface area contributed by atoms with Gasteiger partial charge in [0, 0.05) is 29.9 Å². The van der Waals surface area contributed by atoms with E-state index in [-0.39, 0.29) is 23.9 Å². The molecule has 8 nitrogen and oxygen atoms in total. The van der Waals surface area contributed by atoms with Crippen LogP contribution in [0.4, 0.5) is 0 Å². The number of rotatable bonds is 5. The lowest BCUT2D eigenvalue weighted by atomic mass is 9.98. The maximum atomic E-state index is 12.9. The Morgan fingerprint density at radius 2 is 1.79 bits per heavy atom. The highest BCUT2D eigenvalue weighted by atomic mass is 35.5. The Kier molecular flexibility index (Phi) is 5.60. The van der Waals surface area contributed by atoms with Crippen molar-refractivity contribution in [1.29, 1.82) is 0 Å². The van der Waals surface area contributed by atoms with E-state index in [2.05, 4.69) is 10.1 Å². The Morgan fingerprint density at radius 3 is 2.52 bits per heavy atom. The molecule has 1 atom stereocenters. The molecular weight excluding hydrogens is 446 g/mol. The lowest BCUT2D eigenvalue weighted by molar-refractivity contribution is -0.141. The summed E-state index contributed by atoms with van der Waals surface area (Å²) in [5, 5.41) is 16.0. The third-order valence-electron chi connectivity index (χ3n) is 5.64. The van der Waals surface area contributed by atoms with Gasteiger partial charge >= 0.3 is 5.97 Å². The van der Waals surface area contributed by atoms with Crippen LogP contribution in [0.2, 0.25) is 5.15 Å². The van der Waals surface area contributed by atoms with Crippen LogP contribution in [0.15, 0.2) is 53.6 Å². The predicted octanol–water partition coefficient (Wildman–Crippen LogP) is 4.20. The number of halogens is 1. The van der Waals surface area contributed by atoms with Crippen molar-refractivity contribution in [2.75, 3.05) is 13.2 Å². The summed E-state index contributed by atoms with van der Waals surface area (Å²) in [6, 6.07) is 14.6. The standard InChI is InChI=1S/C24H20ClN3O5/c25-24-16(10-15-11-20-21(13-17(15)26-24)33-9-8-32-20)19-12-18(14-4-2-1-3-5-14)27-28(19)22(29)6-7-23(30)31/h1-5,10-11,13,19H,6-9,12H2,(H,30,31)/t19-/m0/s1. The highest BCUT2D eigenvalue weighted by Crippen LogP contribution is 2.40. The van der Waals surface area contributed by atoms with Crippen LogP contribution in [-0.4, -0.2) is 45.9 Å². The zero-order chi connectivity index (χ0) is 22.9. The summed E-state index contributed by atoms with van der Waals surface area (Å²) in [4.78, 5) is 28.5. The van der Waals surface area contributed by atoms with E-state index in [0.29, 0.717) is 42.2 Å². The maximum absolute atomic E-state index is 12.9. The smallest absolute Gasteiger partial charge is 0.303 e. The SMILES string of the molecule is O=C(O)CCC(=O)N1N=C(c2ccccc2)C[C@H]1c1cc2cc3c(cc2nc1Cl)OCCO3. The molecular formula is C24H20ClN3O5. The first-order valence-electron chi connectivity index (χ1n) is 10.6. The Morgan fingerprint density at radius 1 is 1.06 bits per heavy atom. The van der Waals surface area contributed by atoms with Gasteiger partial charge in [-0.2, -0.15) is 5.10 Å². The molecule has 0 unspecified atom stereocenters. The molecule has 0 aliphatic carbocycles. The zero-order valence-electron chi connectivity index (χ0n) is 17.5. The van der Waals surface area contributed by atoms with Crippen LogP contribution in [0.5, 0.6) is 11.5 Å². The van der Waals surface area contributed by atoms with Crippen molar-refractivity contribution in [2.45, 2.75) is 25.3 Å². The molecule has 2 aliphatic heterocycles. The summed E-state index contributed by atoms with van der Waals surface area (Å²) in [6.07, 6.45) is 0.000421. The molecule has 0 spiro atoms. The Labute approximate surface area is 194 Å². The average Bonchev–Trinajstić information content (AvgIpc) is 3.27. The molecule has 0 fully saturated rings. The number of ether oxygens (including phenoxy) is 2. The number of fused-ring (bicyclic) bond motifs is 2. The van der Waals surface area contributed by atoms with Crippen molar-refractivity contribution in [3.63, 3.8) is 0 Å². The number of pyridine rings is 1. The van der Waals surface area contributed by atoms with Gasteiger partial charge in [-0.1, -0.05) is 41.9 Å². The normalized spacial score (nSPS) is 17.2. The van der Waals surface area contributed by atoms with E-state index in [4.69, 9.17) is 26.2 Å². The lowest BCUT2D eigenvalue weighted by Gasteiger charge is -2.23. The second kappa shape index (κ2) is 8.71. The number of carboxylic acid groups (broad SMARTS) is 1. The largest absolute Gasteiger partial charge is 0.486 e. The van der Waals surface area contributed by atoms with Crippen LogP contribution in [-0.2, 0) is 9.59 Å². The third-order valence-corrected chi connectivity index (χ3v) is 5.95. The van der Waals surface area contributed by atoms with Gasteiger partial charge in [-0.15, -0.1) is 0 Å². The fourth-order valence-electron chi connectivity index (χ4n) is 4.05. The number of carboxylic acids is 1. The van der Waals surface area contributed by atoms with E-state index in [1.165, 1.54) is 5.01 Å². The number of aliphatic carboxylic acids is 1. The predicted molar refractivity (Wildman–Crippen MR) is 122 cm³/mol. The van der Waals surface area contributed by atoms with E-state index >= 15 is 0 Å². The van der Waals surface area contributed by atoms with Crippen LogP contribution in [0.25, 0.3) is 10.9 Å². The van der Waals surface area contributed by atoms with Gasteiger partial charge in [0.05, 0.1) is 23.7 Å². The topological polar surface area (TPSA) is 101 Å². The maximum Gasteiger partial charge on any atom is 0.303 e. The van der Waals surface area contributed by atoms with Gasteiger partial charge in [-0.25, -0.2) is 9.99 Å². The quantitative estimate of drug-likeness (QED) is 0.566. The Bertz CT molecular complexity index is 1280. The first-order valence-corrected chi connectivity index (χ1v) is 10.9. The summed E-state index contributed by atoms with van der Waals surface area (Å²) in [5.74, 6) is -0.174. The van der Waals surface area contributed by atoms with Crippen molar-refractivity contribution >= 4 is 40.1 Å². The van der Waals surface area contributed by atoms with Crippen LogP contribution in [0.3, 0.4) is 0 Å². The molecule has 1 N–H and O–H groups in total. The monoisotopic (exact) mass is 465 g/mol. The van der Waals surface area contributed by atoms with Gasteiger partial charge < -0.3 is 14.6 Å². The molecule has 3 heterocycles. The first-order chi connectivity index (χ1) is 16.0. The summed E-state index contributed by atoms with van der Waals surface area (Å²) in [7, 11) is 0. The highest BCUT2D eigenvalue weighted by molar-refractivity contribution is 6.30. The molecule has 33 heavy (non-hydrogen) atoms. The molecule has 1 aromatic heterocycles. The molecule has 0 saturated carbocycles. The number of amides is 1. The van der Waals surface area contributed by atoms with Gasteiger partial charge in [0.2, 0.25) is 5.91 Å². The lowest BCUT2D eigenvalue weighted by Crippen LogP contribution is -2.27. The molecule has 0 saturated heterocycles. The van der Waals surface area contributed by atoms with Gasteiger partial charge in [-0.05, 0) is 17.7 Å². The summed E-state index contributed by atoms with van der Waals surface area (Å²) in [6.45, 7) is 0.939. The van der Waals surface area contributed by atoms with Gasteiger partial charge in [-0.3, -0.25) is 9.59 Å². The van der Waals surface area contributed by atoms with Gasteiger partial charge in [0.15, 0.2) is 11.5 Å². The molecule has 3 aromatic rings. The van der Waals surface area contributed by atoms with Crippen molar-refractivity contribution in [3.8, 4) is 11.5 Å².